The number of rotatable bonds is 7. The van der Waals surface area contributed by atoms with Crippen LogP contribution in [0.4, 0.5) is 0 Å². The number of hydrogen-bond acceptors (Lipinski definition) is 5. The summed E-state index contributed by atoms with van der Waals surface area (Å²) in [5, 5.41) is 1.85. The molecule has 0 aliphatic rings. The lowest BCUT2D eigenvalue weighted by Gasteiger charge is -2.04. The molecular formula is C18H20N2O4S. The van der Waals surface area contributed by atoms with E-state index in [0.29, 0.717) is 11.3 Å². The Morgan fingerprint density at radius 3 is 2.56 bits per heavy atom. The number of carbonyl (C=O) groups excluding carboxylic acids is 3. The van der Waals surface area contributed by atoms with Crippen LogP contribution in [0.15, 0.2) is 40.8 Å². The lowest BCUT2D eigenvalue weighted by Crippen LogP contribution is -2.20. The van der Waals surface area contributed by atoms with Gasteiger partial charge in [-0.2, -0.15) is 4.99 Å². The molecule has 0 saturated carbocycles. The van der Waals surface area contributed by atoms with Gasteiger partial charge in [-0.25, -0.2) is 0 Å². The molecule has 0 bridgehead atoms. The first-order chi connectivity index (χ1) is 11.9. The molecule has 6 nitrogen and oxygen atoms in total. The van der Waals surface area contributed by atoms with Gasteiger partial charge in [-0.3, -0.25) is 9.59 Å². The molecule has 0 aliphatic carbocycles. The van der Waals surface area contributed by atoms with E-state index in [1.165, 1.54) is 23.8 Å². The van der Waals surface area contributed by atoms with Crippen molar-refractivity contribution in [3.05, 3.63) is 51.8 Å². The van der Waals surface area contributed by atoms with E-state index in [4.69, 9.17) is 4.74 Å². The SMILES string of the molecule is CC(=O)CCC(=O)OCC(=O)N=c1sccn1Cc1ccc(C)cc1. The van der Waals surface area contributed by atoms with Gasteiger partial charge >= 0.3 is 5.97 Å². The number of aryl methyl sites for hydroxylation is 1. The van der Waals surface area contributed by atoms with Gasteiger partial charge in [0, 0.05) is 24.5 Å². The number of aromatic nitrogens is 1. The summed E-state index contributed by atoms with van der Waals surface area (Å²) in [4.78, 5) is 38.7. The Bertz CT molecular complexity index is 818. The molecule has 0 aliphatic heterocycles. The number of ketones is 1. The van der Waals surface area contributed by atoms with Crippen LogP contribution < -0.4 is 4.80 Å². The summed E-state index contributed by atoms with van der Waals surface area (Å²) in [6.45, 7) is 3.61. The van der Waals surface area contributed by atoms with E-state index in [1.807, 2.05) is 47.3 Å². The van der Waals surface area contributed by atoms with Gasteiger partial charge in [0.05, 0.1) is 6.42 Å². The van der Waals surface area contributed by atoms with Crippen molar-refractivity contribution in [2.24, 2.45) is 4.99 Å². The van der Waals surface area contributed by atoms with Gasteiger partial charge in [-0.05, 0) is 19.4 Å². The maximum atomic E-state index is 11.9. The van der Waals surface area contributed by atoms with Gasteiger partial charge in [0.1, 0.15) is 5.78 Å². The first-order valence-electron chi connectivity index (χ1n) is 7.86. The predicted octanol–water partition coefficient (Wildman–Crippen LogP) is 2.25. The zero-order valence-corrected chi connectivity index (χ0v) is 15.0. The molecule has 0 unspecified atom stereocenters. The molecule has 25 heavy (non-hydrogen) atoms. The average molecular weight is 360 g/mol. The third-order valence-corrected chi connectivity index (χ3v) is 4.19. The number of carbonyl (C=O) groups is 3. The van der Waals surface area contributed by atoms with Crippen molar-refractivity contribution < 1.29 is 19.1 Å². The topological polar surface area (TPSA) is 77.7 Å². The van der Waals surface area contributed by atoms with Gasteiger partial charge in [0.15, 0.2) is 11.4 Å². The van der Waals surface area contributed by atoms with Crippen LogP contribution in [0, 0.1) is 6.92 Å². The minimum atomic E-state index is -0.572. The highest BCUT2D eigenvalue weighted by Crippen LogP contribution is 2.05. The summed E-state index contributed by atoms with van der Waals surface area (Å²) in [6, 6.07) is 8.13. The third-order valence-electron chi connectivity index (χ3n) is 3.39. The highest BCUT2D eigenvalue weighted by Gasteiger charge is 2.08. The van der Waals surface area contributed by atoms with E-state index in [1.54, 1.807) is 0 Å². The fraction of sp³-hybridized carbons (Fsp3) is 0.333. The second-order valence-corrected chi connectivity index (χ2v) is 6.54. The fourth-order valence-electron chi connectivity index (χ4n) is 2.03. The Kier molecular flexibility index (Phi) is 6.82. The van der Waals surface area contributed by atoms with E-state index < -0.39 is 18.5 Å². The van der Waals surface area contributed by atoms with E-state index in [-0.39, 0.29) is 18.6 Å². The maximum absolute atomic E-state index is 11.9. The average Bonchev–Trinajstić information content (AvgIpc) is 3.00. The minimum absolute atomic E-state index is 0.0188. The van der Waals surface area contributed by atoms with Gasteiger partial charge in [0.25, 0.3) is 5.91 Å². The lowest BCUT2D eigenvalue weighted by atomic mass is 10.1. The molecule has 1 aromatic carbocycles. The van der Waals surface area contributed by atoms with Crippen molar-refractivity contribution in [1.82, 2.24) is 4.57 Å². The summed E-state index contributed by atoms with van der Waals surface area (Å²) < 4.78 is 6.70. The largest absolute Gasteiger partial charge is 0.455 e. The van der Waals surface area contributed by atoms with Gasteiger partial charge < -0.3 is 14.1 Å². The standard InChI is InChI=1S/C18H20N2O4S/c1-13-3-6-15(7-4-13)11-20-9-10-25-18(20)19-16(22)12-24-17(23)8-5-14(2)21/h3-4,6-7,9-10H,5,8,11-12H2,1-2H3. The summed E-state index contributed by atoms with van der Waals surface area (Å²) in [5.41, 5.74) is 2.29. The van der Waals surface area contributed by atoms with E-state index in [9.17, 15) is 14.4 Å². The van der Waals surface area contributed by atoms with E-state index in [0.717, 1.165) is 5.56 Å². The number of Topliss-reactive ketones (excluding diaryl/α,β-unsaturated/α-hetero) is 1. The highest BCUT2D eigenvalue weighted by molar-refractivity contribution is 7.07. The summed E-state index contributed by atoms with van der Waals surface area (Å²) in [6.07, 6.45) is 1.95. The maximum Gasteiger partial charge on any atom is 0.306 e. The van der Waals surface area contributed by atoms with Crippen LogP contribution in [0.2, 0.25) is 0 Å². The predicted molar refractivity (Wildman–Crippen MR) is 94.0 cm³/mol. The molecule has 2 aromatic rings. The summed E-state index contributed by atoms with van der Waals surface area (Å²) in [5.74, 6) is -1.20. The highest BCUT2D eigenvalue weighted by atomic mass is 32.1. The van der Waals surface area contributed by atoms with Crippen LogP contribution in [0.25, 0.3) is 0 Å². The number of hydrogen-bond donors (Lipinski definition) is 0. The number of amides is 1. The van der Waals surface area contributed by atoms with Crippen molar-refractivity contribution in [3.8, 4) is 0 Å². The Morgan fingerprint density at radius 1 is 1.16 bits per heavy atom. The van der Waals surface area contributed by atoms with Crippen LogP contribution >= 0.6 is 11.3 Å². The number of esters is 1. The van der Waals surface area contributed by atoms with Gasteiger partial charge in [0.2, 0.25) is 0 Å². The van der Waals surface area contributed by atoms with E-state index in [2.05, 4.69) is 4.99 Å². The van der Waals surface area contributed by atoms with Crippen molar-refractivity contribution in [2.45, 2.75) is 33.2 Å². The smallest absolute Gasteiger partial charge is 0.306 e. The molecule has 0 radical (unpaired) electrons. The van der Waals surface area contributed by atoms with Crippen molar-refractivity contribution in [2.75, 3.05) is 6.61 Å². The first-order valence-corrected chi connectivity index (χ1v) is 8.74. The molecule has 132 valence electrons. The zero-order chi connectivity index (χ0) is 18.2. The van der Waals surface area contributed by atoms with Crippen LogP contribution in [-0.2, 0) is 25.7 Å². The molecule has 0 saturated heterocycles. The van der Waals surface area contributed by atoms with Gasteiger partial charge in [-0.1, -0.05) is 29.8 Å². The van der Waals surface area contributed by atoms with Crippen LogP contribution in [-0.4, -0.2) is 28.8 Å². The van der Waals surface area contributed by atoms with Crippen molar-refractivity contribution >= 4 is 29.0 Å². The molecule has 0 atom stereocenters. The van der Waals surface area contributed by atoms with E-state index >= 15 is 0 Å². The summed E-state index contributed by atoms with van der Waals surface area (Å²) in [7, 11) is 0. The van der Waals surface area contributed by atoms with Crippen LogP contribution in [0.3, 0.4) is 0 Å². The molecule has 1 heterocycles. The van der Waals surface area contributed by atoms with Crippen LogP contribution in [0.1, 0.15) is 30.9 Å². The summed E-state index contributed by atoms with van der Waals surface area (Å²) >= 11 is 1.34. The molecule has 7 heteroatoms. The molecule has 1 amide bonds. The molecule has 1 aromatic heterocycles. The molecular weight excluding hydrogens is 340 g/mol. The monoisotopic (exact) mass is 360 g/mol. The Balaban J connectivity index is 1.95. The number of ether oxygens (including phenoxy) is 1. The first kappa shape index (κ1) is 18.8. The second kappa shape index (κ2) is 9.08. The van der Waals surface area contributed by atoms with Crippen molar-refractivity contribution in [1.29, 1.82) is 0 Å². The minimum Gasteiger partial charge on any atom is -0.455 e. The third kappa shape index (κ3) is 6.46. The van der Waals surface area contributed by atoms with Crippen LogP contribution in [0.5, 0.6) is 0 Å². The number of benzene rings is 1. The normalized spacial score (nSPS) is 11.4. The molecule has 0 spiro atoms. The number of nitrogens with zero attached hydrogens (tertiary/aromatic N) is 2. The molecule has 0 fully saturated rings. The molecule has 2 rings (SSSR count). The zero-order valence-electron chi connectivity index (χ0n) is 14.2. The lowest BCUT2D eigenvalue weighted by molar-refractivity contribution is -0.148. The Labute approximate surface area is 149 Å². The quantitative estimate of drug-likeness (QED) is 0.710. The number of thiazole rings is 1. The Morgan fingerprint density at radius 2 is 1.88 bits per heavy atom. The Hall–Kier alpha value is -2.54. The van der Waals surface area contributed by atoms with Gasteiger partial charge in [-0.15, -0.1) is 11.3 Å². The fourth-order valence-corrected chi connectivity index (χ4v) is 2.77. The van der Waals surface area contributed by atoms with Crippen molar-refractivity contribution in [3.63, 3.8) is 0 Å². The molecule has 0 N–H and O–H groups in total. The second-order valence-electron chi connectivity index (χ2n) is 5.67.